The molecule has 1 fully saturated rings. The van der Waals surface area contributed by atoms with Crippen molar-refractivity contribution in [1.29, 1.82) is 0 Å². The third kappa shape index (κ3) is 3.17. The van der Waals surface area contributed by atoms with Crippen LogP contribution in [0.1, 0.15) is 24.2 Å². The Labute approximate surface area is 168 Å². The largest absolute Gasteiger partial charge is 0.497 e. The van der Waals surface area contributed by atoms with Gasteiger partial charge < -0.3 is 4.74 Å². The Kier molecular flexibility index (Phi) is 4.32. The minimum atomic E-state index is -0.0515. The fourth-order valence-electron chi connectivity index (χ4n) is 3.90. The molecule has 4 aromatic rings. The van der Waals surface area contributed by atoms with Gasteiger partial charge in [-0.2, -0.15) is 0 Å². The van der Waals surface area contributed by atoms with Gasteiger partial charge in [0.05, 0.1) is 24.6 Å². The molecule has 1 aliphatic carbocycles. The Bertz CT molecular complexity index is 1240. The van der Waals surface area contributed by atoms with Gasteiger partial charge in [0.2, 0.25) is 5.78 Å². The van der Waals surface area contributed by atoms with Crippen molar-refractivity contribution in [2.75, 3.05) is 7.11 Å². The summed E-state index contributed by atoms with van der Waals surface area (Å²) in [5.74, 6) is 2.29. The average molecular weight is 389 g/mol. The second-order valence-corrected chi connectivity index (χ2v) is 7.62. The molecule has 148 valence electrons. The van der Waals surface area contributed by atoms with Crippen LogP contribution in [0, 0.1) is 0 Å². The molecule has 7 heteroatoms. The van der Waals surface area contributed by atoms with Crippen LogP contribution >= 0.6 is 0 Å². The van der Waals surface area contributed by atoms with Crippen molar-refractivity contribution in [3.05, 3.63) is 70.3 Å². The molecular formula is C22H23N5O2. The number of methoxy groups -OCH3 is 1. The molecule has 0 aliphatic heterocycles. The SMILES string of the molecule is COc1ccc(CN(Cc2nnc3n(C)c(=O)c4ccccc4n23)C2CC2)cc1. The summed E-state index contributed by atoms with van der Waals surface area (Å²) >= 11 is 0. The molecule has 2 aromatic heterocycles. The van der Waals surface area contributed by atoms with E-state index in [9.17, 15) is 4.79 Å². The number of hydrogen-bond acceptors (Lipinski definition) is 5. The van der Waals surface area contributed by atoms with Gasteiger partial charge in [-0.25, -0.2) is 0 Å². The Morgan fingerprint density at radius 3 is 2.55 bits per heavy atom. The lowest BCUT2D eigenvalue weighted by molar-refractivity contribution is 0.239. The molecule has 2 heterocycles. The zero-order valence-corrected chi connectivity index (χ0v) is 16.6. The van der Waals surface area contributed by atoms with E-state index >= 15 is 0 Å². The van der Waals surface area contributed by atoms with Crippen LogP contribution in [-0.4, -0.2) is 37.2 Å². The van der Waals surface area contributed by atoms with E-state index in [0.29, 0.717) is 23.8 Å². The van der Waals surface area contributed by atoms with Gasteiger partial charge in [0, 0.05) is 19.6 Å². The number of nitrogens with zero attached hydrogens (tertiary/aromatic N) is 5. The van der Waals surface area contributed by atoms with E-state index in [1.54, 1.807) is 18.7 Å². The molecule has 0 saturated heterocycles. The van der Waals surface area contributed by atoms with Crippen molar-refractivity contribution >= 4 is 16.7 Å². The summed E-state index contributed by atoms with van der Waals surface area (Å²) in [6, 6.07) is 16.4. The molecule has 29 heavy (non-hydrogen) atoms. The van der Waals surface area contributed by atoms with Crippen LogP contribution in [0.15, 0.2) is 53.3 Å². The number of fused-ring (bicyclic) bond motifs is 3. The predicted octanol–water partition coefficient (Wildman–Crippen LogP) is 2.75. The van der Waals surface area contributed by atoms with Gasteiger partial charge in [-0.05, 0) is 42.7 Å². The van der Waals surface area contributed by atoms with Crippen molar-refractivity contribution in [3.8, 4) is 5.75 Å². The van der Waals surface area contributed by atoms with Crippen molar-refractivity contribution in [1.82, 2.24) is 24.1 Å². The molecule has 0 spiro atoms. The lowest BCUT2D eigenvalue weighted by atomic mass is 10.2. The quantitative estimate of drug-likeness (QED) is 0.507. The minimum Gasteiger partial charge on any atom is -0.497 e. The monoisotopic (exact) mass is 389 g/mol. The van der Waals surface area contributed by atoms with E-state index in [2.05, 4.69) is 27.2 Å². The van der Waals surface area contributed by atoms with E-state index in [1.807, 2.05) is 40.8 Å². The number of benzene rings is 2. The maximum absolute atomic E-state index is 12.6. The van der Waals surface area contributed by atoms with Crippen molar-refractivity contribution < 1.29 is 4.74 Å². The Morgan fingerprint density at radius 2 is 1.83 bits per heavy atom. The van der Waals surface area contributed by atoms with Gasteiger partial charge in [-0.3, -0.25) is 18.7 Å². The molecule has 0 unspecified atom stereocenters. The van der Waals surface area contributed by atoms with Crippen LogP contribution in [0.3, 0.4) is 0 Å². The zero-order chi connectivity index (χ0) is 20.0. The first kappa shape index (κ1) is 17.9. The maximum Gasteiger partial charge on any atom is 0.262 e. The highest BCUT2D eigenvalue weighted by Gasteiger charge is 2.30. The van der Waals surface area contributed by atoms with Crippen LogP contribution in [0.25, 0.3) is 16.7 Å². The van der Waals surface area contributed by atoms with Gasteiger partial charge in [0.1, 0.15) is 5.75 Å². The minimum absolute atomic E-state index is 0.0515. The normalized spacial score (nSPS) is 14.2. The molecule has 2 aromatic carbocycles. The average Bonchev–Trinajstić information content (AvgIpc) is 3.52. The standard InChI is InChI=1S/C22H23N5O2/c1-25-21(28)18-5-3-4-6-19(18)27-20(23-24-22(25)27)14-26(16-9-10-16)13-15-7-11-17(29-2)12-8-15/h3-8,11-12,16H,9-10,13-14H2,1-2H3. The third-order valence-electron chi connectivity index (χ3n) is 5.65. The first-order chi connectivity index (χ1) is 14.2. The van der Waals surface area contributed by atoms with Gasteiger partial charge in [0.25, 0.3) is 5.56 Å². The van der Waals surface area contributed by atoms with E-state index in [4.69, 9.17) is 4.74 Å². The number of rotatable bonds is 6. The molecule has 0 radical (unpaired) electrons. The summed E-state index contributed by atoms with van der Waals surface area (Å²) in [4.78, 5) is 15.1. The Morgan fingerprint density at radius 1 is 1.07 bits per heavy atom. The smallest absolute Gasteiger partial charge is 0.262 e. The number of hydrogen-bond donors (Lipinski definition) is 0. The highest BCUT2D eigenvalue weighted by Crippen LogP contribution is 2.30. The van der Waals surface area contributed by atoms with Crippen LogP contribution in [0.2, 0.25) is 0 Å². The lowest BCUT2D eigenvalue weighted by Crippen LogP contribution is -2.27. The van der Waals surface area contributed by atoms with Gasteiger partial charge >= 0.3 is 0 Å². The van der Waals surface area contributed by atoms with Crippen LogP contribution in [0.5, 0.6) is 5.75 Å². The molecular weight excluding hydrogens is 366 g/mol. The Balaban J connectivity index is 1.53. The van der Waals surface area contributed by atoms with E-state index in [1.165, 1.54) is 18.4 Å². The number of ether oxygens (including phenoxy) is 1. The lowest BCUT2D eigenvalue weighted by Gasteiger charge is -2.21. The molecule has 0 bridgehead atoms. The summed E-state index contributed by atoms with van der Waals surface area (Å²) in [7, 11) is 3.43. The van der Waals surface area contributed by atoms with Gasteiger partial charge in [-0.15, -0.1) is 10.2 Å². The molecule has 7 nitrogen and oxygen atoms in total. The second kappa shape index (κ2) is 7.00. The number of aryl methyl sites for hydroxylation is 1. The van der Waals surface area contributed by atoms with E-state index in [0.717, 1.165) is 23.6 Å². The molecule has 0 atom stereocenters. The van der Waals surface area contributed by atoms with Gasteiger partial charge in [0.15, 0.2) is 5.82 Å². The van der Waals surface area contributed by atoms with Crippen LogP contribution in [-0.2, 0) is 20.1 Å². The number of aromatic nitrogens is 4. The summed E-state index contributed by atoms with van der Waals surface area (Å²) in [6.45, 7) is 1.52. The summed E-state index contributed by atoms with van der Waals surface area (Å²) in [5, 5.41) is 9.46. The first-order valence-electron chi connectivity index (χ1n) is 9.84. The predicted molar refractivity (Wildman–Crippen MR) is 111 cm³/mol. The van der Waals surface area contributed by atoms with Crippen LogP contribution < -0.4 is 10.3 Å². The molecule has 1 aliphatic rings. The van der Waals surface area contributed by atoms with Crippen molar-refractivity contribution in [2.24, 2.45) is 7.05 Å². The summed E-state index contributed by atoms with van der Waals surface area (Å²) in [6.07, 6.45) is 2.40. The highest BCUT2D eigenvalue weighted by atomic mass is 16.5. The first-order valence-corrected chi connectivity index (χ1v) is 9.84. The fraction of sp³-hybridized carbons (Fsp3) is 0.318. The number of para-hydroxylation sites is 1. The second-order valence-electron chi connectivity index (χ2n) is 7.62. The van der Waals surface area contributed by atoms with Crippen molar-refractivity contribution in [2.45, 2.75) is 32.0 Å². The summed E-state index contributed by atoms with van der Waals surface area (Å²) < 4.78 is 8.85. The van der Waals surface area contributed by atoms with Crippen LogP contribution in [0.4, 0.5) is 0 Å². The topological polar surface area (TPSA) is 64.7 Å². The van der Waals surface area contributed by atoms with E-state index in [-0.39, 0.29) is 5.56 Å². The molecule has 0 N–H and O–H groups in total. The maximum atomic E-state index is 12.6. The molecule has 1 saturated carbocycles. The zero-order valence-electron chi connectivity index (χ0n) is 16.6. The molecule has 0 amide bonds. The third-order valence-corrected chi connectivity index (χ3v) is 5.65. The fourth-order valence-corrected chi connectivity index (χ4v) is 3.90. The van der Waals surface area contributed by atoms with Crippen molar-refractivity contribution in [3.63, 3.8) is 0 Å². The highest BCUT2D eigenvalue weighted by molar-refractivity contribution is 5.80. The van der Waals surface area contributed by atoms with Gasteiger partial charge in [-0.1, -0.05) is 24.3 Å². The molecule has 5 rings (SSSR count). The summed E-state index contributed by atoms with van der Waals surface area (Å²) in [5.41, 5.74) is 2.04. The van der Waals surface area contributed by atoms with E-state index < -0.39 is 0 Å². The Hall–Kier alpha value is -3.19.